The fraction of sp³-hybridized carbons (Fsp3) is 0.818. The fourth-order valence-corrected chi connectivity index (χ4v) is 2.88. The minimum absolute atomic E-state index is 0.0395. The highest BCUT2D eigenvalue weighted by atomic mass is 16.3. The van der Waals surface area contributed by atoms with E-state index in [9.17, 15) is 14.7 Å². The van der Waals surface area contributed by atoms with E-state index in [0.29, 0.717) is 12.8 Å². The Morgan fingerprint density at radius 1 is 1.57 bits per heavy atom. The van der Waals surface area contributed by atoms with Gasteiger partial charge in [0.1, 0.15) is 11.4 Å². The molecular formula is C11H16O3. The molecule has 0 unspecified atom stereocenters. The van der Waals surface area contributed by atoms with Gasteiger partial charge in [0.25, 0.3) is 0 Å². The van der Waals surface area contributed by atoms with Gasteiger partial charge < -0.3 is 5.11 Å². The standard InChI is InChI=1S/C11H16O3/c1-7(12)8-5-9-3-2-4-11(9,14)10(13)6-8/h8-9,14H,2-6H2,1H3/t8-,9+,11+/m0/s1. The first-order valence-corrected chi connectivity index (χ1v) is 5.30. The molecule has 0 bridgehead atoms. The SMILES string of the molecule is CC(=O)[C@@H]1CC(=O)[C@@]2(O)CCC[C@@H]2C1. The maximum Gasteiger partial charge on any atom is 0.165 e. The van der Waals surface area contributed by atoms with E-state index >= 15 is 0 Å². The highest BCUT2D eigenvalue weighted by Crippen LogP contribution is 2.45. The first-order chi connectivity index (χ1) is 6.54. The number of carbonyl (C=O) groups is 2. The molecule has 2 saturated carbocycles. The van der Waals surface area contributed by atoms with Crippen LogP contribution in [0.2, 0.25) is 0 Å². The average molecular weight is 196 g/mol. The summed E-state index contributed by atoms with van der Waals surface area (Å²) in [7, 11) is 0. The van der Waals surface area contributed by atoms with Crippen molar-refractivity contribution in [3.8, 4) is 0 Å². The van der Waals surface area contributed by atoms with Crippen molar-refractivity contribution in [2.75, 3.05) is 0 Å². The van der Waals surface area contributed by atoms with Crippen molar-refractivity contribution >= 4 is 11.6 Å². The van der Waals surface area contributed by atoms with Crippen molar-refractivity contribution in [3.63, 3.8) is 0 Å². The summed E-state index contributed by atoms with van der Waals surface area (Å²) in [6.07, 6.45) is 3.37. The van der Waals surface area contributed by atoms with Gasteiger partial charge in [-0.1, -0.05) is 0 Å². The summed E-state index contributed by atoms with van der Waals surface area (Å²) in [5.41, 5.74) is -1.08. The topological polar surface area (TPSA) is 54.4 Å². The third-order valence-corrected chi connectivity index (χ3v) is 3.84. The van der Waals surface area contributed by atoms with Crippen LogP contribution in [0.1, 0.15) is 39.0 Å². The van der Waals surface area contributed by atoms with E-state index < -0.39 is 5.60 Å². The molecule has 78 valence electrons. The van der Waals surface area contributed by atoms with Crippen molar-refractivity contribution in [2.24, 2.45) is 11.8 Å². The molecule has 0 spiro atoms. The number of fused-ring (bicyclic) bond motifs is 1. The molecule has 0 aromatic heterocycles. The third-order valence-electron chi connectivity index (χ3n) is 3.84. The van der Waals surface area contributed by atoms with E-state index in [1.807, 2.05) is 0 Å². The van der Waals surface area contributed by atoms with Crippen molar-refractivity contribution in [1.82, 2.24) is 0 Å². The van der Waals surface area contributed by atoms with E-state index in [4.69, 9.17) is 0 Å². The number of rotatable bonds is 1. The normalized spacial score (nSPS) is 42.3. The Bertz CT molecular complexity index is 284. The van der Waals surface area contributed by atoms with Gasteiger partial charge in [-0.2, -0.15) is 0 Å². The largest absolute Gasteiger partial charge is 0.382 e. The molecule has 0 heterocycles. The summed E-state index contributed by atoms with van der Waals surface area (Å²) in [4.78, 5) is 22.9. The van der Waals surface area contributed by atoms with E-state index in [-0.39, 0.29) is 29.8 Å². The Balaban J connectivity index is 2.20. The average Bonchev–Trinajstić information content (AvgIpc) is 2.48. The zero-order chi connectivity index (χ0) is 10.3. The summed E-state index contributed by atoms with van der Waals surface area (Å²) in [6.45, 7) is 1.54. The molecule has 2 aliphatic carbocycles. The molecule has 3 heteroatoms. The lowest BCUT2D eigenvalue weighted by Crippen LogP contribution is -2.48. The van der Waals surface area contributed by atoms with Gasteiger partial charge in [0.2, 0.25) is 0 Å². The smallest absolute Gasteiger partial charge is 0.165 e. The van der Waals surface area contributed by atoms with Crippen LogP contribution in [0.4, 0.5) is 0 Å². The Labute approximate surface area is 83.5 Å². The van der Waals surface area contributed by atoms with Gasteiger partial charge >= 0.3 is 0 Å². The first-order valence-electron chi connectivity index (χ1n) is 5.30. The first kappa shape index (κ1) is 9.84. The Kier molecular flexibility index (Phi) is 2.22. The zero-order valence-electron chi connectivity index (χ0n) is 8.45. The summed E-state index contributed by atoms with van der Waals surface area (Å²) >= 11 is 0. The summed E-state index contributed by atoms with van der Waals surface area (Å²) in [5, 5.41) is 10.1. The van der Waals surface area contributed by atoms with Gasteiger partial charge in [-0.15, -0.1) is 0 Å². The molecule has 14 heavy (non-hydrogen) atoms. The predicted octanol–water partition coefficient (Wildman–Crippen LogP) is 1.09. The van der Waals surface area contributed by atoms with Crippen LogP contribution in [0.5, 0.6) is 0 Å². The van der Waals surface area contributed by atoms with Crippen LogP contribution in [-0.4, -0.2) is 22.3 Å². The maximum absolute atomic E-state index is 11.7. The lowest BCUT2D eigenvalue weighted by molar-refractivity contribution is -0.150. The molecular weight excluding hydrogens is 180 g/mol. The summed E-state index contributed by atoms with van der Waals surface area (Å²) < 4.78 is 0. The lowest BCUT2D eigenvalue weighted by atomic mass is 9.71. The quantitative estimate of drug-likeness (QED) is 0.683. The van der Waals surface area contributed by atoms with E-state index in [1.165, 1.54) is 6.92 Å². The molecule has 2 aliphatic rings. The van der Waals surface area contributed by atoms with Gasteiger partial charge in [-0.05, 0) is 38.5 Å². The zero-order valence-corrected chi connectivity index (χ0v) is 8.45. The van der Waals surface area contributed by atoms with Crippen molar-refractivity contribution in [2.45, 2.75) is 44.6 Å². The highest BCUT2D eigenvalue weighted by molar-refractivity contribution is 5.93. The van der Waals surface area contributed by atoms with Gasteiger partial charge in [0, 0.05) is 12.3 Å². The molecule has 3 nitrogen and oxygen atoms in total. The second kappa shape index (κ2) is 3.16. The van der Waals surface area contributed by atoms with Gasteiger partial charge in [0.15, 0.2) is 5.78 Å². The van der Waals surface area contributed by atoms with E-state index in [2.05, 4.69) is 0 Å². The van der Waals surface area contributed by atoms with Crippen LogP contribution in [0.3, 0.4) is 0 Å². The number of hydrogen-bond donors (Lipinski definition) is 1. The number of ketones is 2. The van der Waals surface area contributed by atoms with Crippen LogP contribution in [0.15, 0.2) is 0 Å². The van der Waals surface area contributed by atoms with Crippen molar-refractivity contribution < 1.29 is 14.7 Å². The molecule has 2 rings (SSSR count). The molecule has 2 fully saturated rings. The van der Waals surface area contributed by atoms with Crippen LogP contribution in [0, 0.1) is 11.8 Å². The van der Waals surface area contributed by atoms with Crippen molar-refractivity contribution in [3.05, 3.63) is 0 Å². The van der Waals surface area contributed by atoms with Crippen molar-refractivity contribution in [1.29, 1.82) is 0 Å². The van der Waals surface area contributed by atoms with Crippen LogP contribution >= 0.6 is 0 Å². The fourth-order valence-electron chi connectivity index (χ4n) is 2.88. The van der Waals surface area contributed by atoms with Crippen LogP contribution < -0.4 is 0 Å². The molecule has 0 aliphatic heterocycles. The van der Waals surface area contributed by atoms with Gasteiger partial charge in [-0.3, -0.25) is 9.59 Å². The third kappa shape index (κ3) is 1.31. The van der Waals surface area contributed by atoms with E-state index in [1.54, 1.807) is 0 Å². The second-order valence-corrected chi connectivity index (χ2v) is 4.68. The molecule has 0 amide bonds. The highest BCUT2D eigenvalue weighted by Gasteiger charge is 2.51. The molecule has 1 N–H and O–H groups in total. The predicted molar refractivity (Wildman–Crippen MR) is 50.7 cm³/mol. The summed E-state index contributed by atoms with van der Waals surface area (Å²) in [6, 6.07) is 0. The Morgan fingerprint density at radius 2 is 2.29 bits per heavy atom. The Morgan fingerprint density at radius 3 is 2.93 bits per heavy atom. The van der Waals surface area contributed by atoms with Crippen LogP contribution in [0.25, 0.3) is 0 Å². The minimum Gasteiger partial charge on any atom is -0.382 e. The molecule has 0 aromatic rings. The number of Topliss-reactive ketones (excluding diaryl/α,β-unsaturated/α-hetero) is 2. The summed E-state index contributed by atoms with van der Waals surface area (Å²) in [5.74, 6) is -0.109. The number of hydrogen-bond acceptors (Lipinski definition) is 3. The molecule has 0 aromatic carbocycles. The van der Waals surface area contributed by atoms with Gasteiger partial charge in [-0.25, -0.2) is 0 Å². The minimum atomic E-state index is -1.08. The maximum atomic E-state index is 11.7. The molecule has 0 saturated heterocycles. The lowest BCUT2D eigenvalue weighted by Gasteiger charge is -2.36. The molecule has 3 atom stereocenters. The number of carbonyl (C=O) groups excluding carboxylic acids is 2. The van der Waals surface area contributed by atoms with E-state index in [0.717, 1.165) is 12.8 Å². The molecule has 0 radical (unpaired) electrons. The number of aliphatic hydroxyl groups is 1. The van der Waals surface area contributed by atoms with Crippen LogP contribution in [-0.2, 0) is 9.59 Å². The second-order valence-electron chi connectivity index (χ2n) is 4.68. The van der Waals surface area contributed by atoms with Gasteiger partial charge in [0.05, 0.1) is 0 Å². The Hall–Kier alpha value is -0.700. The monoisotopic (exact) mass is 196 g/mol.